The Hall–Kier alpha value is -2.04. The molecule has 152 valence electrons. The van der Waals surface area contributed by atoms with Gasteiger partial charge in [0.2, 0.25) is 0 Å². The normalized spacial score (nSPS) is 19.1. The summed E-state index contributed by atoms with van der Waals surface area (Å²) in [5.41, 5.74) is 2.86. The molecule has 0 saturated heterocycles. The Morgan fingerprint density at radius 1 is 1.50 bits per heavy atom. The van der Waals surface area contributed by atoms with Gasteiger partial charge in [0.15, 0.2) is 5.17 Å². The van der Waals surface area contributed by atoms with Gasteiger partial charge in [-0.05, 0) is 44.1 Å². The molecule has 0 spiro atoms. The molecule has 2 aliphatic heterocycles. The molecule has 2 unspecified atom stereocenters. The third-order valence-corrected chi connectivity index (χ3v) is 5.83. The van der Waals surface area contributed by atoms with Crippen LogP contribution >= 0.6 is 11.8 Å². The summed E-state index contributed by atoms with van der Waals surface area (Å²) in [6, 6.07) is 1.83. The number of nitriles is 1. The fourth-order valence-electron chi connectivity index (χ4n) is 3.29. The van der Waals surface area contributed by atoms with Gasteiger partial charge in [-0.1, -0.05) is 37.4 Å². The maximum Gasteiger partial charge on any atom is 0.321 e. The molecule has 0 saturated carbocycles. The van der Waals surface area contributed by atoms with E-state index in [1.807, 2.05) is 26.0 Å². The number of nitrogens with one attached hydrogen (secondary N) is 2. The second-order valence-electron chi connectivity index (χ2n) is 6.95. The summed E-state index contributed by atoms with van der Waals surface area (Å²) < 4.78 is 5.50. The van der Waals surface area contributed by atoms with Crippen molar-refractivity contribution in [2.75, 3.05) is 19.0 Å². The number of hydrogen-bond acceptors (Lipinski definition) is 5. The number of amidine groups is 1. The first-order valence-corrected chi connectivity index (χ1v) is 10.8. The molecule has 0 bridgehead atoms. The summed E-state index contributed by atoms with van der Waals surface area (Å²) in [6.45, 7) is 9.17. The standard InChI is InChI=1S/C21H30N4O2S/c1-4-6-7-18(12-16(5-2)15(3)13-22)23-20(26)25-21-24-19-8-10-27-14-17(19)9-11-28-21/h4,6,16,18H,3,5,7-12,14H2,1-2H3,(H2,23,24,25,26)/b6-4-. The zero-order valence-corrected chi connectivity index (χ0v) is 17.6. The molecular weight excluding hydrogens is 372 g/mol. The van der Waals surface area contributed by atoms with E-state index in [2.05, 4.69) is 28.3 Å². The van der Waals surface area contributed by atoms with Crippen LogP contribution in [0.25, 0.3) is 0 Å². The van der Waals surface area contributed by atoms with Gasteiger partial charge in [0.05, 0.1) is 19.3 Å². The predicted octanol–water partition coefficient (Wildman–Crippen LogP) is 4.28. The average Bonchev–Trinajstić information content (AvgIpc) is 2.90. The number of amides is 2. The summed E-state index contributed by atoms with van der Waals surface area (Å²) in [5.74, 6) is 0.948. The summed E-state index contributed by atoms with van der Waals surface area (Å²) in [7, 11) is 0. The largest absolute Gasteiger partial charge is 0.377 e. The molecular formula is C21H30N4O2S. The molecule has 0 aromatic rings. The molecule has 0 aliphatic carbocycles. The summed E-state index contributed by atoms with van der Waals surface area (Å²) in [5, 5.41) is 15.7. The van der Waals surface area contributed by atoms with E-state index in [-0.39, 0.29) is 18.0 Å². The number of hydrogen-bond donors (Lipinski definition) is 2. The molecule has 2 amide bonds. The van der Waals surface area contributed by atoms with Gasteiger partial charge < -0.3 is 10.1 Å². The predicted molar refractivity (Wildman–Crippen MR) is 115 cm³/mol. The lowest BCUT2D eigenvalue weighted by molar-refractivity contribution is 0.144. The minimum absolute atomic E-state index is 0.0690. The number of urea groups is 1. The highest BCUT2D eigenvalue weighted by Gasteiger charge is 2.21. The third-order valence-electron chi connectivity index (χ3n) is 4.96. The van der Waals surface area contributed by atoms with Crippen molar-refractivity contribution in [1.29, 1.82) is 5.26 Å². The van der Waals surface area contributed by atoms with Crippen molar-refractivity contribution in [3.8, 4) is 6.07 Å². The van der Waals surface area contributed by atoms with Crippen LogP contribution < -0.4 is 10.6 Å². The maximum absolute atomic E-state index is 12.6. The molecule has 0 aromatic carbocycles. The van der Waals surface area contributed by atoms with E-state index in [0.29, 0.717) is 36.8 Å². The van der Waals surface area contributed by atoms with Gasteiger partial charge in [0.25, 0.3) is 0 Å². The first kappa shape index (κ1) is 22.3. The summed E-state index contributed by atoms with van der Waals surface area (Å²) in [4.78, 5) is 17.3. The number of carbonyl (C=O) groups is 1. The Morgan fingerprint density at radius 3 is 3.04 bits per heavy atom. The van der Waals surface area contributed by atoms with Gasteiger partial charge in [0, 0.05) is 29.5 Å². The molecule has 6 nitrogen and oxygen atoms in total. The number of carbonyl (C=O) groups excluding carboxylic acids is 1. The highest BCUT2D eigenvalue weighted by molar-refractivity contribution is 8.13. The molecule has 7 heteroatoms. The van der Waals surface area contributed by atoms with E-state index >= 15 is 0 Å². The number of ether oxygens (including phenoxy) is 1. The van der Waals surface area contributed by atoms with E-state index in [9.17, 15) is 4.79 Å². The van der Waals surface area contributed by atoms with Crippen molar-refractivity contribution < 1.29 is 9.53 Å². The van der Waals surface area contributed by atoms with Gasteiger partial charge in [0.1, 0.15) is 0 Å². The Labute approximate surface area is 172 Å². The van der Waals surface area contributed by atoms with Gasteiger partial charge >= 0.3 is 6.03 Å². The molecule has 2 rings (SSSR count). The van der Waals surface area contributed by atoms with Crippen molar-refractivity contribution in [2.45, 2.75) is 52.0 Å². The number of thioether (sulfide) groups is 1. The van der Waals surface area contributed by atoms with Crippen LogP contribution in [-0.4, -0.2) is 36.2 Å². The highest BCUT2D eigenvalue weighted by atomic mass is 32.2. The van der Waals surface area contributed by atoms with Crippen LogP contribution in [0, 0.1) is 17.2 Å². The highest BCUT2D eigenvalue weighted by Crippen LogP contribution is 2.26. The molecule has 0 fully saturated rings. The number of allylic oxidation sites excluding steroid dienone is 2. The van der Waals surface area contributed by atoms with Crippen molar-refractivity contribution >= 4 is 23.0 Å². The lowest BCUT2D eigenvalue weighted by Gasteiger charge is -2.22. The van der Waals surface area contributed by atoms with Gasteiger partial charge in [-0.3, -0.25) is 5.32 Å². The summed E-state index contributed by atoms with van der Waals surface area (Å²) in [6.07, 6.45) is 7.96. The van der Waals surface area contributed by atoms with Crippen molar-refractivity contribution in [1.82, 2.24) is 10.6 Å². The molecule has 28 heavy (non-hydrogen) atoms. The van der Waals surface area contributed by atoms with Crippen LogP contribution in [0.15, 0.2) is 40.6 Å². The monoisotopic (exact) mass is 402 g/mol. The molecule has 0 radical (unpaired) electrons. The van der Waals surface area contributed by atoms with Crippen LogP contribution in [0.3, 0.4) is 0 Å². The lowest BCUT2D eigenvalue weighted by Crippen LogP contribution is -2.44. The molecule has 2 N–H and O–H groups in total. The number of aliphatic imine (C=N–C) groups is 1. The zero-order chi connectivity index (χ0) is 20.4. The second-order valence-corrected chi connectivity index (χ2v) is 8.03. The van der Waals surface area contributed by atoms with Crippen LogP contribution in [0.4, 0.5) is 4.79 Å². The number of nitrogens with zero attached hydrogens (tertiary/aromatic N) is 2. The Balaban J connectivity index is 2.00. The number of rotatable bonds is 7. The van der Waals surface area contributed by atoms with Crippen LogP contribution in [0.1, 0.15) is 46.0 Å². The van der Waals surface area contributed by atoms with Crippen molar-refractivity contribution in [2.24, 2.45) is 10.9 Å². The molecule has 2 aliphatic rings. The van der Waals surface area contributed by atoms with Crippen LogP contribution in [0.2, 0.25) is 0 Å². The molecule has 0 aromatic heterocycles. The zero-order valence-electron chi connectivity index (χ0n) is 16.8. The Bertz CT molecular complexity index is 706. The first-order valence-electron chi connectivity index (χ1n) is 9.85. The van der Waals surface area contributed by atoms with E-state index < -0.39 is 0 Å². The van der Waals surface area contributed by atoms with Crippen molar-refractivity contribution in [3.63, 3.8) is 0 Å². The smallest absolute Gasteiger partial charge is 0.321 e. The summed E-state index contributed by atoms with van der Waals surface area (Å²) >= 11 is 1.56. The Morgan fingerprint density at radius 2 is 2.32 bits per heavy atom. The Kier molecular flexibility index (Phi) is 9.32. The van der Waals surface area contributed by atoms with E-state index in [0.717, 1.165) is 30.7 Å². The second kappa shape index (κ2) is 11.7. The minimum atomic E-state index is -0.255. The third kappa shape index (κ3) is 6.84. The van der Waals surface area contributed by atoms with Crippen LogP contribution in [-0.2, 0) is 4.74 Å². The quantitative estimate of drug-likeness (QED) is 0.491. The van der Waals surface area contributed by atoms with Gasteiger partial charge in [-0.2, -0.15) is 5.26 Å². The topological polar surface area (TPSA) is 86.5 Å². The van der Waals surface area contributed by atoms with Gasteiger partial charge in [-0.25, -0.2) is 9.79 Å². The van der Waals surface area contributed by atoms with E-state index in [1.165, 1.54) is 5.57 Å². The average molecular weight is 403 g/mol. The molecule has 2 heterocycles. The van der Waals surface area contributed by atoms with Crippen LogP contribution in [0.5, 0.6) is 0 Å². The van der Waals surface area contributed by atoms with Crippen molar-refractivity contribution in [3.05, 3.63) is 35.6 Å². The SMILES string of the molecule is C=C(C#N)C(CC)CC(C/C=C\C)NC(=O)NC1=NC2=C(CCS1)COCC2. The van der Waals surface area contributed by atoms with E-state index in [4.69, 9.17) is 10.00 Å². The molecule has 2 atom stereocenters. The fraction of sp³-hybridized carbons (Fsp3) is 0.571. The lowest BCUT2D eigenvalue weighted by atomic mass is 9.90. The van der Waals surface area contributed by atoms with E-state index in [1.54, 1.807) is 11.8 Å². The van der Waals surface area contributed by atoms with Gasteiger partial charge in [-0.15, -0.1) is 0 Å². The fourth-order valence-corrected chi connectivity index (χ4v) is 4.17. The maximum atomic E-state index is 12.6. The minimum Gasteiger partial charge on any atom is -0.377 e. The first-order chi connectivity index (χ1) is 13.6.